The molecule has 6 heteroatoms. The van der Waals surface area contributed by atoms with Gasteiger partial charge < -0.3 is 4.90 Å². The molecule has 0 bridgehead atoms. The number of amides is 1. The molecule has 2 aromatic carbocycles. The number of nitrogens with zero attached hydrogens (tertiary/aromatic N) is 2. The van der Waals surface area contributed by atoms with Crippen molar-refractivity contribution in [3.8, 4) is 0 Å². The average Bonchev–Trinajstić information content (AvgIpc) is 2.57. The molecule has 0 aromatic heterocycles. The van der Waals surface area contributed by atoms with Gasteiger partial charge in [-0.05, 0) is 54.8 Å². The molecule has 0 aliphatic rings. The highest BCUT2D eigenvalue weighted by Gasteiger charge is 2.06. The van der Waals surface area contributed by atoms with E-state index < -0.39 is 0 Å². The molecule has 2 rings (SSSR count). The van der Waals surface area contributed by atoms with E-state index in [0.717, 1.165) is 31.7 Å². The molecule has 0 saturated heterocycles. The molecule has 1 N–H and O–H groups in total. The van der Waals surface area contributed by atoms with Crippen molar-refractivity contribution in [2.75, 3.05) is 24.7 Å². The van der Waals surface area contributed by atoms with Gasteiger partial charge in [-0.15, -0.1) is 11.8 Å². The molecule has 25 heavy (non-hydrogen) atoms. The maximum Gasteiger partial charge on any atom is 0.250 e. The fourth-order valence-corrected chi connectivity index (χ4v) is 3.48. The van der Waals surface area contributed by atoms with Crippen LogP contribution in [-0.4, -0.2) is 32.0 Å². The molecular formula is C19H22BrN3OS. The number of rotatable bonds is 6. The molecule has 4 nitrogen and oxygen atoms in total. The molecule has 0 fully saturated rings. The number of hydrazone groups is 1. The molecule has 0 heterocycles. The van der Waals surface area contributed by atoms with Gasteiger partial charge in [0, 0.05) is 29.2 Å². The fourth-order valence-electron chi connectivity index (χ4n) is 2.12. The Labute approximate surface area is 161 Å². The summed E-state index contributed by atoms with van der Waals surface area (Å²) < 4.78 is 1.09. The van der Waals surface area contributed by atoms with Crippen LogP contribution in [0.5, 0.6) is 0 Å². The topological polar surface area (TPSA) is 44.7 Å². The highest BCUT2D eigenvalue weighted by molar-refractivity contribution is 9.10. The van der Waals surface area contributed by atoms with Crippen LogP contribution in [0.2, 0.25) is 0 Å². The van der Waals surface area contributed by atoms with Crippen LogP contribution in [0.4, 0.5) is 5.69 Å². The van der Waals surface area contributed by atoms with Crippen molar-refractivity contribution in [2.24, 2.45) is 5.10 Å². The van der Waals surface area contributed by atoms with E-state index in [1.54, 1.807) is 6.21 Å². The van der Waals surface area contributed by atoms with Crippen LogP contribution in [0.15, 0.2) is 50.9 Å². The van der Waals surface area contributed by atoms with Gasteiger partial charge in [0.05, 0.1) is 12.0 Å². The number of carbonyl (C=O) groups excluding carboxylic acids is 1. The molecule has 0 saturated carbocycles. The van der Waals surface area contributed by atoms with Gasteiger partial charge in [-0.1, -0.05) is 28.1 Å². The zero-order valence-corrected chi connectivity index (χ0v) is 17.2. The number of halogens is 1. The number of anilines is 1. The first kappa shape index (κ1) is 19.5. The van der Waals surface area contributed by atoms with Gasteiger partial charge in [-0.2, -0.15) is 5.10 Å². The summed E-state index contributed by atoms with van der Waals surface area (Å²) in [5.74, 6) is 0.213. The van der Waals surface area contributed by atoms with Crippen LogP contribution in [0.25, 0.3) is 0 Å². The van der Waals surface area contributed by atoms with E-state index in [-0.39, 0.29) is 5.91 Å². The zero-order chi connectivity index (χ0) is 18.4. The number of carbonyl (C=O) groups is 1. The predicted octanol–water partition coefficient (Wildman–Crippen LogP) is 4.37. The summed E-state index contributed by atoms with van der Waals surface area (Å²) in [5.41, 5.74) is 6.95. The number of aryl methyl sites for hydroxylation is 2. The predicted molar refractivity (Wildman–Crippen MR) is 111 cm³/mol. The molecule has 0 aliphatic carbocycles. The van der Waals surface area contributed by atoms with Crippen LogP contribution in [0, 0.1) is 13.8 Å². The average molecular weight is 420 g/mol. The number of benzene rings is 2. The maximum absolute atomic E-state index is 12.0. The van der Waals surface area contributed by atoms with Crippen LogP contribution in [-0.2, 0) is 4.79 Å². The molecule has 2 aromatic rings. The third-order valence-electron chi connectivity index (χ3n) is 3.63. The normalized spacial score (nSPS) is 10.9. The zero-order valence-electron chi connectivity index (χ0n) is 14.8. The minimum Gasteiger partial charge on any atom is -0.378 e. The summed E-state index contributed by atoms with van der Waals surface area (Å²) in [6.45, 7) is 4.08. The summed E-state index contributed by atoms with van der Waals surface area (Å²) in [4.78, 5) is 15.1. The molecule has 0 aliphatic heterocycles. The van der Waals surface area contributed by atoms with Crippen molar-refractivity contribution < 1.29 is 4.79 Å². The Balaban J connectivity index is 1.85. The SMILES string of the molecule is Cc1cc(SCC(=O)N/N=C/c2ccc(N(C)C)cc2)c(C)cc1Br. The lowest BCUT2D eigenvalue weighted by Gasteiger charge is -2.11. The van der Waals surface area contributed by atoms with Gasteiger partial charge in [0.25, 0.3) is 0 Å². The number of hydrogen-bond acceptors (Lipinski definition) is 4. The van der Waals surface area contributed by atoms with Crippen molar-refractivity contribution in [2.45, 2.75) is 18.7 Å². The lowest BCUT2D eigenvalue weighted by molar-refractivity contribution is -0.118. The van der Waals surface area contributed by atoms with Crippen molar-refractivity contribution in [3.05, 3.63) is 57.6 Å². The van der Waals surface area contributed by atoms with Gasteiger partial charge >= 0.3 is 0 Å². The van der Waals surface area contributed by atoms with Crippen molar-refractivity contribution in [3.63, 3.8) is 0 Å². The van der Waals surface area contributed by atoms with Gasteiger partial charge in [0.2, 0.25) is 5.91 Å². The standard InChI is InChI=1S/C19H22BrN3OS/c1-13-10-18(14(2)9-17(13)20)25-12-19(24)22-21-11-15-5-7-16(8-6-15)23(3)4/h5-11H,12H2,1-4H3,(H,22,24)/b21-11+. The quantitative estimate of drug-likeness (QED) is 0.429. The Hall–Kier alpha value is -1.79. The highest BCUT2D eigenvalue weighted by atomic mass is 79.9. The first-order valence-electron chi connectivity index (χ1n) is 7.85. The number of thioether (sulfide) groups is 1. The van der Waals surface area contributed by atoms with Crippen molar-refractivity contribution in [1.82, 2.24) is 5.43 Å². The van der Waals surface area contributed by atoms with E-state index >= 15 is 0 Å². The summed E-state index contributed by atoms with van der Waals surface area (Å²) in [6.07, 6.45) is 1.65. The molecule has 0 spiro atoms. The first-order chi connectivity index (χ1) is 11.9. The molecule has 0 atom stereocenters. The van der Waals surface area contributed by atoms with Crippen LogP contribution in [0.3, 0.4) is 0 Å². The molecule has 0 unspecified atom stereocenters. The third kappa shape index (κ3) is 5.90. The minimum atomic E-state index is -0.119. The van der Waals surface area contributed by atoms with Crippen molar-refractivity contribution in [1.29, 1.82) is 0 Å². The van der Waals surface area contributed by atoms with Crippen molar-refractivity contribution >= 4 is 45.5 Å². The lowest BCUT2D eigenvalue weighted by Crippen LogP contribution is -2.19. The summed E-state index contributed by atoms with van der Waals surface area (Å²) in [5, 5.41) is 4.02. The second-order valence-electron chi connectivity index (χ2n) is 5.93. The van der Waals surface area contributed by atoms with Crippen LogP contribution >= 0.6 is 27.7 Å². The Kier molecular flexibility index (Phi) is 7.08. The van der Waals surface area contributed by atoms with Crippen LogP contribution in [0.1, 0.15) is 16.7 Å². The third-order valence-corrected chi connectivity index (χ3v) is 5.64. The smallest absolute Gasteiger partial charge is 0.250 e. The van der Waals surface area contributed by atoms with E-state index in [1.165, 1.54) is 11.8 Å². The lowest BCUT2D eigenvalue weighted by atomic mass is 10.2. The largest absolute Gasteiger partial charge is 0.378 e. The Morgan fingerprint density at radius 3 is 2.52 bits per heavy atom. The second-order valence-corrected chi connectivity index (χ2v) is 7.81. The molecule has 132 valence electrons. The van der Waals surface area contributed by atoms with Gasteiger partial charge in [0.1, 0.15) is 0 Å². The molecule has 1 amide bonds. The summed E-state index contributed by atoms with van der Waals surface area (Å²) >= 11 is 5.04. The Morgan fingerprint density at radius 2 is 1.88 bits per heavy atom. The van der Waals surface area contributed by atoms with E-state index in [2.05, 4.69) is 38.6 Å². The summed E-state index contributed by atoms with van der Waals surface area (Å²) in [6, 6.07) is 12.1. The van der Waals surface area contributed by atoms with E-state index in [4.69, 9.17) is 0 Å². The van der Waals surface area contributed by atoms with Gasteiger partial charge in [-0.3, -0.25) is 4.79 Å². The Bertz CT molecular complexity index is 773. The van der Waals surface area contributed by atoms with E-state index in [1.807, 2.05) is 57.1 Å². The number of hydrogen-bond donors (Lipinski definition) is 1. The number of nitrogens with one attached hydrogen (secondary N) is 1. The monoisotopic (exact) mass is 419 g/mol. The van der Waals surface area contributed by atoms with Crippen LogP contribution < -0.4 is 10.3 Å². The Morgan fingerprint density at radius 1 is 1.20 bits per heavy atom. The van der Waals surface area contributed by atoms with E-state index in [0.29, 0.717) is 5.75 Å². The second kappa shape index (κ2) is 9.06. The molecular weight excluding hydrogens is 398 g/mol. The van der Waals surface area contributed by atoms with Gasteiger partial charge in [0.15, 0.2) is 0 Å². The minimum absolute atomic E-state index is 0.119. The first-order valence-corrected chi connectivity index (χ1v) is 9.63. The van der Waals surface area contributed by atoms with Gasteiger partial charge in [-0.25, -0.2) is 5.43 Å². The molecule has 0 radical (unpaired) electrons. The maximum atomic E-state index is 12.0. The van der Waals surface area contributed by atoms with E-state index in [9.17, 15) is 4.79 Å². The summed E-state index contributed by atoms with van der Waals surface area (Å²) in [7, 11) is 3.99. The fraction of sp³-hybridized carbons (Fsp3) is 0.263. The highest BCUT2D eigenvalue weighted by Crippen LogP contribution is 2.28.